The second kappa shape index (κ2) is 14.8. The van der Waals surface area contributed by atoms with Crippen LogP contribution in [-0.2, 0) is 16.0 Å². The molecule has 10 nitrogen and oxygen atoms in total. The van der Waals surface area contributed by atoms with Crippen molar-refractivity contribution < 1.29 is 38.8 Å². The van der Waals surface area contributed by atoms with E-state index < -0.39 is 24.2 Å². The average molecular weight is 693 g/mol. The molecule has 0 bridgehead atoms. The fourth-order valence-corrected chi connectivity index (χ4v) is 6.07. The van der Waals surface area contributed by atoms with Gasteiger partial charge in [0, 0.05) is 36.6 Å². The largest absolute Gasteiger partial charge is 0.496 e. The third-order valence-corrected chi connectivity index (χ3v) is 8.61. The van der Waals surface area contributed by atoms with E-state index in [-0.39, 0.29) is 31.4 Å². The van der Waals surface area contributed by atoms with Gasteiger partial charge in [-0.25, -0.2) is 0 Å². The Bertz CT molecular complexity index is 1310. The molecule has 42 heavy (non-hydrogen) atoms. The van der Waals surface area contributed by atoms with Crippen LogP contribution in [-0.4, -0.2) is 85.4 Å². The summed E-state index contributed by atoms with van der Waals surface area (Å²) in [6, 6.07) is 10.0. The maximum absolute atomic E-state index is 13.8. The lowest BCUT2D eigenvalue weighted by Gasteiger charge is -2.43. The van der Waals surface area contributed by atoms with Gasteiger partial charge in [-0.2, -0.15) is 0 Å². The van der Waals surface area contributed by atoms with E-state index in [0.29, 0.717) is 51.2 Å². The van der Waals surface area contributed by atoms with Crippen molar-refractivity contribution in [1.29, 1.82) is 0 Å². The van der Waals surface area contributed by atoms with Gasteiger partial charge >= 0.3 is 0 Å². The quantitative estimate of drug-likeness (QED) is 0.216. The number of aldehydes is 1. The molecule has 0 spiro atoms. The first-order chi connectivity index (χ1) is 20.3. The number of hydrogen-bond acceptors (Lipinski definition) is 8. The molecule has 0 radical (unpaired) electrons. The number of carbonyl (C=O) groups excluding carboxylic acids is 3. The Morgan fingerprint density at radius 2 is 1.88 bits per heavy atom. The van der Waals surface area contributed by atoms with Crippen molar-refractivity contribution in [1.82, 2.24) is 10.2 Å². The predicted octanol–water partition coefficient (Wildman–Crippen LogP) is 2.91. The van der Waals surface area contributed by atoms with E-state index in [1.165, 1.54) is 13.2 Å². The van der Waals surface area contributed by atoms with Gasteiger partial charge in [0.1, 0.15) is 24.2 Å². The number of benzene rings is 2. The minimum absolute atomic E-state index is 0.0570. The molecular formula is C31H37IN2O8. The summed E-state index contributed by atoms with van der Waals surface area (Å²) in [5.41, 5.74) is 1.67. The molecule has 0 saturated heterocycles. The highest BCUT2D eigenvalue weighted by atomic mass is 127. The van der Waals surface area contributed by atoms with Crippen LogP contribution in [0.5, 0.6) is 17.2 Å². The summed E-state index contributed by atoms with van der Waals surface area (Å²) < 4.78 is 17.9. The van der Waals surface area contributed by atoms with E-state index >= 15 is 0 Å². The van der Waals surface area contributed by atoms with Crippen molar-refractivity contribution in [3.8, 4) is 17.2 Å². The molecule has 0 aliphatic heterocycles. The van der Waals surface area contributed by atoms with Crippen LogP contribution in [0.3, 0.4) is 0 Å². The Hall–Kier alpha value is -3.16. The zero-order valence-corrected chi connectivity index (χ0v) is 25.9. The van der Waals surface area contributed by atoms with Gasteiger partial charge in [0.05, 0.1) is 30.4 Å². The average Bonchev–Trinajstić information content (AvgIpc) is 2.97. The third kappa shape index (κ3) is 7.24. The minimum atomic E-state index is -1.17. The fourth-order valence-electron chi connectivity index (χ4n) is 5.32. The van der Waals surface area contributed by atoms with Gasteiger partial charge in [-0.15, -0.1) is 0 Å². The van der Waals surface area contributed by atoms with Gasteiger partial charge in [0.15, 0.2) is 11.5 Å². The molecule has 1 fully saturated rings. The van der Waals surface area contributed by atoms with Gasteiger partial charge in [-0.05, 0) is 71.7 Å². The Morgan fingerprint density at radius 1 is 1.14 bits per heavy atom. The summed E-state index contributed by atoms with van der Waals surface area (Å²) >= 11 is 2.03. The maximum atomic E-state index is 13.8. The maximum Gasteiger partial charge on any atom is 0.247 e. The molecule has 1 saturated carbocycles. The fraction of sp³-hybridized carbons (Fsp3) is 0.452. The highest BCUT2D eigenvalue weighted by molar-refractivity contribution is 14.1. The predicted molar refractivity (Wildman–Crippen MR) is 164 cm³/mol. The number of aliphatic hydroxyl groups excluding tert-OH is 2. The first-order valence-electron chi connectivity index (χ1n) is 14.0. The van der Waals surface area contributed by atoms with Gasteiger partial charge < -0.3 is 34.6 Å². The number of amides is 2. The molecule has 2 aliphatic carbocycles. The van der Waals surface area contributed by atoms with E-state index in [1.807, 2.05) is 46.9 Å². The molecule has 11 heteroatoms. The molecule has 2 aliphatic rings. The number of halogens is 1. The number of para-hydroxylation sites is 1. The van der Waals surface area contributed by atoms with Crippen LogP contribution in [0.15, 0.2) is 48.0 Å². The van der Waals surface area contributed by atoms with Gasteiger partial charge in [0.2, 0.25) is 11.8 Å². The lowest BCUT2D eigenvalue weighted by Crippen LogP contribution is -2.57. The van der Waals surface area contributed by atoms with Gasteiger partial charge in [0.25, 0.3) is 0 Å². The van der Waals surface area contributed by atoms with Crippen molar-refractivity contribution in [2.75, 3.05) is 33.9 Å². The summed E-state index contributed by atoms with van der Waals surface area (Å²) in [4.78, 5) is 40.0. The molecular weight excluding hydrogens is 655 g/mol. The van der Waals surface area contributed by atoms with Crippen LogP contribution in [0, 0.1) is 9.49 Å². The van der Waals surface area contributed by atoms with Crippen molar-refractivity contribution >= 4 is 40.7 Å². The monoisotopic (exact) mass is 692 g/mol. The molecule has 226 valence electrons. The highest BCUT2D eigenvalue weighted by Crippen LogP contribution is 2.38. The zero-order valence-electron chi connectivity index (χ0n) is 23.8. The van der Waals surface area contributed by atoms with Crippen molar-refractivity contribution in [3.05, 3.63) is 62.7 Å². The summed E-state index contributed by atoms with van der Waals surface area (Å²) in [6.45, 7) is 0.144. The number of methoxy groups -OCH3 is 2. The normalized spacial score (nSPS) is 20.1. The first-order valence-corrected chi connectivity index (χ1v) is 15.1. The topological polar surface area (TPSA) is 135 Å². The molecule has 2 amide bonds. The lowest BCUT2D eigenvalue weighted by atomic mass is 9.82. The van der Waals surface area contributed by atoms with E-state index in [2.05, 4.69) is 5.32 Å². The molecule has 0 heterocycles. The van der Waals surface area contributed by atoms with Crippen LogP contribution in [0.25, 0.3) is 0 Å². The molecule has 3 N–H and O–H groups in total. The van der Waals surface area contributed by atoms with Crippen LogP contribution in [0.2, 0.25) is 0 Å². The van der Waals surface area contributed by atoms with Crippen LogP contribution in [0.1, 0.15) is 41.6 Å². The Kier molecular flexibility index (Phi) is 11.2. The lowest BCUT2D eigenvalue weighted by molar-refractivity contribution is -0.145. The first kappa shape index (κ1) is 31.8. The number of nitrogens with one attached hydrogen (secondary N) is 1. The summed E-state index contributed by atoms with van der Waals surface area (Å²) in [7, 11) is 3.05. The van der Waals surface area contributed by atoms with Crippen molar-refractivity contribution in [2.45, 2.75) is 50.4 Å². The SMILES string of the molecule is COc1ccccc1CCN(C(=O)C1CCC1)[C@@H]1CC(C(=O)NCCO)=C[C@H](Oc2c(I)cc(C=O)cc2OC)[C@H]1O. The molecule has 2 aromatic rings. The summed E-state index contributed by atoms with van der Waals surface area (Å²) in [5, 5.41) is 23.7. The van der Waals surface area contributed by atoms with Crippen LogP contribution >= 0.6 is 22.6 Å². The summed E-state index contributed by atoms with van der Waals surface area (Å²) in [6.07, 6.45) is 3.22. The highest BCUT2D eigenvalue weighted by Gasteiger charge is 2.43. The number of aliphatic hydroxyl groups is 2. The standard InChI is InChI=1S/C31H37IN2O8/c1-40-25-9-4-3-6-20(25)10-12-34(31(39)21-7-5-8-21)24-16-22(30(38)33-11-13-35)17-26(28(24)37)42-29-23(32)14-19(18-36)15-27(29)41-2/h3-4,6,9,14-15,17-18,21,24,26,28,35,37H,5,7-8,10-13,16H2,1-2H3,(H,33,38)/t24-,26+,28+/m1/s1. The number of rotatable bonds is 13. The smallest absolute Gasteiger partial charge is 0.247 e. The van der Waals surface area contributed by atoms with Crippen LogP contribution < -0.4 is 19.5 Å². The Labute approximate surface area is 259 Å². The number of ether oxygens (including phenoxy) is 3. The van der Waals surface area contributed by atoms with Crippen LogP contribution in [0.4, 0.5) is 0 Å². The van der Waals surface area contributed by atoms with Gasteiger partial charge in [-0.1, -0.05) is 24.6 Å². The van der Waals surface area contributed by atoms with E-state index in [4.69, 9.17) is 14.2 Å². The Morgan fingerprint density at radius 3 is 2.52 bits per heavy atom. The Balaban J connectivity index is 1.69. The van der Waals surface area contributed by atoms with E-state index in [9.17, 15) is 24.6 Å². The third-order valence-electron chi connectivity index (χ3n) is 7.81. The van der Waals surface area contributed by atoms with Crippen molar-refractivity contribution in [3.63, 3.8) is 0 Å². The number of nitrogens with zero attached hydrogens (tertiary/aromatic N) is 1. The van der Waals surface area contributed by atoms with E-state index in [0.717, 1.165) is 24.8 Å². The molecule has 2 aromatic carbocycles. The molecule has 0 aromatic heterocycles. The zero-order chi connectivity index (χ0) is 30.2. The number of carbonyl (C=O) groups is 3. The number of hydrogen-bond donors (Lipinski definition) is 3. The molecule has 3 atom stereocenters. The second-order valence-corrected chi connectivity index (χ2v) is 11.6. The second-order valence-electron chi connectivity index (χ2n) is 10.4. The summed E-state index contributed by atoms with van der Waals surface area (Å²) in [5.74, 6) is 0.723. The van der Waals surface area contributed by atoms with E-state index in [1.54, 1.807) is 24.2 Å². The minimum Gasteiger partial charge on any atom is -0.496 e. The molecule has 0 unspecified atom stereocenters. The van der Waals surface area contributed by atoms with Crippen molar-refractivity contribution in [2.24, 2.45) is 5.92 Å². The molecule has 4 rings (SSSR count). The van der Waals surface area contributed by atoms with Gasteiger partial charge in [-0.3, -0.25) is 14.4 Å².